The monoisotopic (exact) mass is 470 g/mol. The molecule has 0 spiro atoms. The molecule has 4 aromatic rings. The fraction of sp³-hybridized carbons (Fsp3) is 0.143. The van der Waals surface area contributed by atoms with E-state index in [2.05, 4.69) is 0 Å². The van der Waals surface area contributed by atoms with Gasteiger partial charge in [-0.15, -0.1) is 0 Å². The summed E-state index contributed by atoms with van der Waals surface area (Å²) in [7, 11) is 1.53. The zero-order valence-corrected chi connectivity index (χ0v) is 19.4. The van der Waals surface area contributed by atoms with Crippen molar-refractivity contribution in [3.63, 3.8) is 0 Å². The number of benzene rings is 3. The second-order valence-corrected chi connectivity index (χ2v) is 7.90. The van der Waals surface area contributed by atoms with Crippen molar-refractivity contribution in [1.82, 2.24) is 0 Å². The first-order valence-corrected chi connectivity index (χ1v) is 11.1. The van der Waals surface area contributed by atoms with E-state index < -0.39 is 5.97 Å². The lowest BCUT2D eigenvalue weighted by atomic mass is 10.0. The van der Waals surface area contributed by atoms with Gasteiger partial charge in [0.2, 0.25) is 11.5 Å². The van der Waals surface area contributed by atoms with E-state index in [0.29, 0.717) is 40.6 Å². The lowest BCUT2D eigenvalue weighted by molar-refractivity contribution is 0.0703. The summed E-state index contributed by atoms with van der Waals surface area (Å²) in [6.07, 6.45) is 1.65. The number of ketones is 1. The Morgan fingerprint density at radius 2 is 1.83 bits per heavy atom. The molecule has 0 amide bonds. The van der Waals surface area contributed by atoms with Crippen LogP contribution in [0.2, 0.25) is 0 Å². The van der Waals surface area contributed by atoms with Crippen LogP contribution in [0.15, 0.2) is 70.8 Å². The zero-order chi connectivity index (χ0) is 24.5. The molecule has 5 rings (SSSR count). The van der Waals surface area contributed by atoms with Crippen molar-refractivity contribution in [2.24, 2.45) is 0 Å². The maximum absolute atomic E-state index is 13.0. The van der Waals surface area contributed by atoms with Gasteiger partial charge < -0.3 is 23.4 Å². The van der Waals surface area contributed by atoms with Crippen molar-refractivity contribution in [3.05, 3.63) is 88.9 Å². The van der Waals surface area contributed by atoms with E-state index in [-0.39, 0.29) is 23.1 Å². The van der Waals surface area contributed by atoms with E-state index >= 15 is 0 Å². The van der Waals surface area contributed by atoms with Gasteiger partial charge in [0.25, 0.3) is 0 Å². The number of hydrogen-bond donors (Lipinski definition) is 0. The van der Waals surface area contributed by atoms with Crippen LogP contribution in [-0.2, 0) is 0 Å². The molecular weight excluding hydrogens is 448 g/mol. The fourth-order valence-electron chi connectivity index (χ4n) is 4.02. The molecule has 0 saturated heterocycles. The summed E-state index contributed by atoms with van der Waals surface area (Å²) < 4.78 is 28.0. The van der Waals surface area contributed by atoms with E-state index in [1.807, 2.05) is 43.3 Å². The highest BCUT2D eigenvalue weighted by Crippen LogP contribution is 2.38. The average Bonchev–Trinajstić information content (AvgIpc) is 3.42. The number of Topliss-reactive ketones (excluding diaryl/α,β-unsaturated/α-hetero) is 1. The molecule has 0 fully saturated rings. The minimum absolute atomic E-state index is 0.0350. The number of carbonyl (C=O) groups excluding carboxylic acids is 2. The minimum atomic E-state index is -0.673. The predicted molar refractivity (Wildman–Crippen MR) is 129 cm³/mol. The SMILES string of the molecule is CCOc1ccccc1/C=C1\Oc2cc(OC(=O)c3cc4cccc(OC)c4o3)cc(C)c2C1=O. The van der Waals surface area contributed by atoms with Crippen molar-refractivity contribution in [2.45, 2.75) is 13.8 Å². The maximum Gasteiger partial charge on any atom is 0.379 e. The molecule has 35 heavy (non-hydrogen) atoms. The third-order valence-corrected chi connectivity index (χ3v) is 5.59. The lowest BCUT2D eigenvalue weighted by Crippen LogP contribution is -2.07. The van der Waals surface area contributed by atoms with E-state index in [9.17, 15) is 9.59 Å². The Kier molecular flexibility index (Phi) is 5.74. The first kappa shape index (κ1) is 22.3. The number of carbonyl (C=O) groups is 2. The standard InChI is InChI=1S/C28H22O7/c1-4-32-20-10-6-5-8-17(20)13-23-26(29)25-16(2)12-19(15-22(25)34-23)33-28(30)24-14-18-9-7-11-21(31-3)27(18)35-24/h5-15H,4H2,1-3H3/b23-13-. The third-order valence-electron chi connectivity index (χ3n) is 5.59. The van der Waals surface area contributed by atoms with Crippen LogP contribution in [0, 0.1) is 6.92 Å². The van der Waals surface area contributed by atoms with Crippen LogP contribution in [0.3, 0.4) is 0 Å². The first-order chi connectivity index (χ1) is 17.0. The topological polar surface area (TPSA) is 84.2 Å². The largest absolute Gasteiger partial charge is 0.493 e. The van der Waals surface area contributed by atoms with Crippen LogP contribution in [0.5, 0.6) is 23.0 Å². The number of aryl methyl sites for hydroxylation is 1. The van der Waals surface area contributed by atoms with Crippen LogP contribution in [0.4, 0.5) is 0 Å². The van der Waals surface area contributed by atoms with Crippen LogP contribution in [0.1, 0.15) is 39.0 Å². The lowest BCUT2D eigenvalue weighted by Gasteiger charge is -2.07. The summed E-state index contributed by atoms with van der Waals surface area (Å²) in [5.41, 5.74) is 2.25. The second kappa shape index (κ2) is 9.02. The number of methoxy groups -OCH3 is 1. The molecule has 0 unspecified atom stereocenters. The van der Waals surface area contributed by atoms with Gasteiger partial charge in [0.1, 0.15) is 17.2 Å². The van der Waals surface area contributed by atoms with Crippen LogP contribution in [0.25, 0.3) is 17.0 Å². The van der Waals surface area contributed by atoms with Crippen LogP contribution < -0.4 is 18.9 Å². The molecule has 176 valence electrons. The molecule has 0 bridgehead atoms. The molecule has 0 N–H and O–H groups in total. The van der Waals surface area contributed by atoms with Gasteiger partial charge in [0.15, 0.2) is 17.1 Å². The summed E-state index contributed by atoms with van der Waals surface area (Å²) in [6, 6.07) is 17.5. The highest BCUT2D eigenvalue weighted by Gasteiger charge is 2.31. The highest BCUT2D eigenvalue weighted by atomic mass is 16.6. The summed E-state index contributed by atoms with van der Waals surface area (Å²) in [5.74, 6) is 1.03. The summed E-state index contributed by atoms with van der Waals surface area (Å²) in [5, 5.41) is 0.720. The molecule has 3 aromatic carbocycles. The zero-order valence-electron chi connectivity index (χ0n) is 19.4. The van der Waals surface area contributed by atoms with E-state index in [1.165, 1.54) is 13.2 Å². The molecule has 0 radical (unpaired) electrons. The Balaban J connectivity index is 1.41. The number of furan rings is 1. The van der Waals surface area contributed by atoms with Gasteiger partial charge in [0.05, 0.1) is 19.3 Å². The smallest absolute Gasteiger partial charge is 0.379 e. The van der Waals surface area contributed by atoms with Gasteiger partial charge in [-0.25, -0.2) is 4.79 Å². The number of hydrogen-bond acceptors (Lipinski definition) is 7. The summed E-state index contributed by atoms with van der Waals surface area (Å²) in [4.78, 5) is 25.8. The van der Waals surface area contributed by atoms with Crippen molar-refractivity contribution >= 4 is 28.8 Å². The molecule has 2 heterocycles. The number of allylic oxidation sites excluding steroid dienone is 1. The van der Waals surface area contributed by atoms with E-state index in [4.69, 9.17) is 23.4 Å². The Morgan fingerprint density at radius 3 is 2.63 bits per heavy atom. The number of rotatable bonds is 6. The van der Waals surface area contributed by atoms with Crippen LogP contribution in [-0.4, -0.2) is 25.5 Å². The van der Waals surface area contributed by atoms with E-state index in [0.717, 1.165) is 10.9 Å². The molecule has 0 atom stereocenters. The van der Waals surface area contributed by atoms with Gasteiger partial charge in [0, 0.05) is 17.0 Å². The Labute approximate surface area is 201 Å². The van der Waals surface area contributed by atoms with Crippen molar-refractivity contribution in [3.8, 4) is 23.0 Å². The van der Waals surface area contributed by atoms with Crippen molar-refractivity contribution in [1.29, 1.82) is 0 Å². The summed E-state index contributed by atoms with van der Waals surface area (Å²) in [6.45, 7) is 4.16. The van der Waals surface area contributed by atoms with Crippen molar-refractivity contribution in [2.75, 3.05) is 13.7 Å². The van der Waals surface area contributed by atoms with Crippen LogP contribution >= 0.6 is 0 Å². The molecule has 7 heteroatoms. The normalized spacial score (nSPS) is 13.6. The molecule has 1 aliphatic rings. The average molecular weight is 470 g/mol. The Morgan fingerprint density at radius 1 is 1.03 bits per heavy atom. The predicted octanol–water partition coefficient (Wildman–Crippen LogP) is 5.98. The number of fused-ring (bicyclic) bond motifs is 2. The Hall–Kier alpha value is -4.52. The quantitative estimate of drug-likeness (QED) is 0.195. The fourth-order valence-corrected chi connectivity index (χ4v) is 4.02. The molecule has 7 nitrogen and oxygen atoms in total. The van der Waals surface area contributed by atoms with Gasteiger partial charge in [-0.05, 0) is 49.8 Å². The Bertz CT molecular complexity index is 1490. The maximum atomic E-state index is 13.0. The molecule has 1 aromatic heterocycles. The highest BCUT2D eigenvalue weighted by molar-refractivity contribution is 6.15. The molecule has 0 aliphatic carbocycles. The molecule has 0 saturated carbocycles. The first-order valence-electron chi connectivity index (χ1n) is 11.1. The van der Waals surface area contributed by atoms with Gasteiger partial charge in [-0.2, -0.15) is 0 Å². The number of esters is 1. The van der Waals surface area contributed by atoms with Gasteiger partial charge in [-0.1, -0.05) is 30.3 Å². The second-order valence-electron chi connectivity index (χ2n) is 7.90. The van der Waals surface area contributed by atoms with Gasteiger partial charge in [-0.3, -0.25) is 4.79 Å². The molecule has 1 aliphatic heterocycles. The van der Waals surface area contributed by atoms with Gasteiger partial charge >= 0.3 is 5.97 Å². The summed E-state index contributed by atoms with van der Waals surface area (Å²) >= 11 is 0. The van der Waals surface area contributed by atoms with Crippen molar-refractivity contribution < 1.29 is 33.0 Å². The van der Waals surface area contributed by atoms with E-state index in [1.54, 1.807) is 31.2 Å². The minimum Gasteiger partial charge on any atom is -0.493 e. The third kappa shape index (κ3) is 4.12. The number of para-hydroxylation sites is 2. The number of ether oxygens (including phenoxy) is 4. The molecular formula is C28H22O7.